The first-order valence-electron chi connectivity index (χ1n) is 13.4. The maximum atomic E-state index is 11.7. The zero-order chi connectivity index (χ0) is 22.8. The molecule has 4 fully saturated rings. The number of aliphatic hydroxyl groups is 2. The molecule has 0 amide bonds. The quantitative estimate of drug-likeness (QED) is 0.472. The van der Waals surface area contributed by atoms with Crippen LogP contribution in [0.4, 0.5) is 0 Å². The van der Waals surface area contributed by atoms with E-state index in [4.69, 9.17) is 0 Å². The van der Waals surface area contributed by atoms with Gasteiger partial charge in [0.2, 0.25) is 0 Å². The Morgan fingerprint density at radius 2 is 1.65 bits per heavy atom. The first-order valence-corrected chi connectivity index (χ1v) is 13.4. The number of hydrogen-bond acceptors (Lipinski definition) is 2. The van der Waals surface area contributed by atoms with Gasteiger partial charge in [-0.2, -0.15) is 0 Å². The molecule has 4 aliphatic carbocycles. The lowest BCUT2D eigenvalue weighted by Gasteiger charge is -2.69. The van der Waals surface area contributed by atoms with E-state index in [1.807, 2.05) is 0 Å². The van der Waals surface area contributed by atoms with Crippen LogP contribution in [-0.4, -0.2) is 22.4 Å². The van der Waals surface area contributed by atoms with Crippen LogP contribution >= 0.6 is 0 Å². The Morgan fingerprint density at radius 1 is 0.968 bits per heavy atom. The van der Waals surface area contributed by atoms with E-state index in [0.717, 1.165) is 19.3 Å². The molecule has 2 N–H and O–H groups in total. The number of allylic oxidation sites excluding steroid dienone is 2. The van der Waals surface area contributed by atoms with E-state index in [-0.39, 0.29) is 23.0 Å². The largest absolute Gasteiger partial charge is 0.393 e. The van der Waals surface area contributed by atoms with Crippen LogP contribution < -0.4 is 0 Å². The molecular weight excluding hydrogens is 380 g/mol. The molecule has 2 nitrogen and oxygen atoms in total. The third-order valence-corrected chi connectivity index (χ3v) is 11.9. The van der Waals surface area contributed by atoms with Crippen molar-refractivity contribution in [2.45, 2.75) is 118 Å². The fourth-order valence-electron chi connectivity index (χ4n) is 9.91. The summed E-state index contributed by atoms with van der Waals surface area (Å²) in [5, 5.41) is 22.3. The van der Waals surface area contributed by atoms with Gasteiger partial charge in [-0.1, -0.05) is 46.3 Å². The Hall–Kier alpha value is -0.340. The highest BCUT2D eigenvalue weighted by molar-refractivity contribution is 5.18. The van der Waals surface area contributed by atoms with Crippen molar-refractivity contribution in [3.8, 4) is 0 Å². The molecule has 178 valence electrons. The van der Waals surface area contributed by atoms with Gasteiger partial charge in [0.1, 0.15) is 0 Å². The van der Waals surface area contributed by atoms with Crippen molar-refractivity contribution in [3.05, 3.63) is 11.6 Å². The van der Waals surface area contributed by atoms with E-state index in [0.29, 0.717) is 40.9 Å². The lowest BCUT2D eigenvalue weighted by atomic mass is 9.36. The van der Waals surface area contributed by atoms with Crippen LogP contribution in [0.15, 0.2) is 11.6 Å². The maximum absolute atomic E-state index is 11.7. The van der Waals surface area contributed by atoms with E-state index >= 15 is 0 Å². The SMILES string of the molecule is CC(C)=CCCC(C)C1CC[C@]2(C)C1C(O)CC1C3(C)CCC(O)[C@@H](C)C3CCC12C. The first-order chi connectivity index (χ1) is 14.5. The lowest BCUT2D eigenvalue weighted by molar-refractivity contribution is -0.228. The monoisotopic (exact) mass is 430 g/mol. The third-order valence-electron chi connectivity index (χ3n) is 11.9. The van der Waals surface area contributed by atoms with E-state index in [1.165, 1.54) is 44.1 Å². The van der Waals surface area contributed by atoms with Crippen molar-refractivity contribution in [2.24, 2.45) is 51.8 Å². The summed E-state index contributed by atoms with van der Waals surface area (Å²) in [4.78, 5) is 0. The summed E-state index contributed by atoms with van der Waals surface area (Å²) in [6.07, 6.45) is 12.8. The van der Waals surface area contributed by atoms with Crippen LogP contribution in [-0.2, 0) is 0 Å². The minimum Gasteiger partial charge on any atom is -0.393 e. The molecule has 0 spiro atoms. The average Bonchev–Trinajstić information content (AvgIpc) is 3.07. The van der Waals surface area contributed by atoms with Gasteiger partial charge in [0.25, 0.3) is 0 Å². The molecule has 0 aromatic heterocycles. The van der Waals surface area contributed by atoms with Crippen molar-refractivity contribution in [3.63, 3.8) is 0 Å². The zero-order valence-electron chi connectivity index (χ0n) is 21.5. The molecule has 0 aromatic carbocycles. The van der Waals surface area contributed by atoms with E-state index in [9.17, 15) is 10.2 Å². The zero-order valence-corrected chi connectivity index (χ0v) is 21.5. The molecule has 9 unspecified atom stereocenters. The minimum atomic E-state index is -0.154. The highest BCUT2D eigenvalue weighted by Crippen LogP contribution is 2.74. The standard InChI is InChI=1S/C29H50O2/c1-18(2)9-8-10-19(3)21-11-15-29(7)26(21)24(31)17-25-27(5)14-13-23(30)20(4)22(27)12-16-28(25,29)6/h9,19-26,30-31H,8,10-17H2,1-7H3/t19?,20-,21?,22?,23?,24?,25?,26?,27?,28?,29+/m0/s1. The molecule has 2 heteroatoms. The molecule has 0 aromatic rings. The van der Waals surface area contributed by atoms with Crippen LogP contribution in [0.25, 0.3) is 0 Å². The van der Waals surface area contributed by atoms with E-state index in [2.05, 4.69) is 54.5 Å². The van der Waals surface area contributed by atoms with Gasteiger partial charge in [-0.3, -0.25) is 0 Å². The second-order valence-electron chi connectivity index (χ2n) is 13.4. The van der Waals surface area contributed by atoms with Crippen LogP contribution in [0.1, 0.15) is 106 Å². The topological polar surface area (TPSA) is 40.5 Å². The highest BCUT2D eigenvalue weighted by Gasteiger charge is 2.69. The molecule has 31 heavy (non-hydrogen) atoms. The predicted octanol–water partition coefficient (Wildman–Crippen LogP) is 7.00. The molecule has 4 rings (SSSR count). The number of fused-ring (bicyclic) bond motifs is 5. The van der Waals surface area contributed by atoms with Gasteiger partial charge in [-0.15, -0.1) is 0 Å². The highest BCUT2D eigenvalue weighted by atomic mass is 16.3. The van der Waals surface area contributed by atoms with Crippen molar-refractivity contribution < 1.29 is 10.2 Å². The number of hydrogen-bond donors (Lipinski definition) is 2. The van der Waals surface area contributed by atoms with Gasteiger partial charge in [-0.05, 0) is 123 Å². The van der Waals surface area contributed by atoms with Crippen LogP contribution in [0.5, 0.6) is 0 Å². The number of rotatable bonds is 4. The molecule has 11 atom stereocenters. The molecule has 0 radical (unpaired) electrons. The van der Waals surface area contributed by atoms with Crippen molar-refractivity contribution >= 4 is 0 Å². The van der Waals surface area contributed by atoms with E-state index < -0.39 is 0 Å². The third kappa shape index (κ3) is 3.49. The van der Waals surface area contributed by atoms with Gasteiger partial charge in [0, 0.05) is 0 Å². The Bertz CT molecular complexity index is 695. The molecule has 0 bridgehead atoms. The van der Waals surface area contributed by atoms with Gasteiger partial charge in [0.15, 0.2) is 0 Å². The maximum Gasteiger partial charge on any atom is 0.0579 e. The van der Waals surface area contributed by atoms with Gasteiger partial charge >= 0.3 is 0 Å². The van der Waals surface area contributed by atoms with Gasteiger partial charge < -0.3 is 10.2 Å². The second kappa shape index (κ2) is 8.15. The molecule has 4 aliphatic rings. The summed E-state index contributed by atoms with van der Waals surface area (Å²) in [5.74, 6) is 3.42. The minimum absolute atomic E-state index is 0.128. The summed E-state index contributed by atoms with van der Waals surface area (Å²) < 4.78 is 0. The predicted molar refractivity (Wildman–Crippen MR) is 130 cm³/mol. The smallest absolute Gasteiger partial charge is 0.0579 e. The molecule has 0 heterocycles. The van der Waals surface area contributed by atoms with Gasteiger partial charge in [0.05, 0.1) is 12.2 Å². The first kappa shape index (κ1) is 23.8. The Kier molecular flexibility index (Phi) is 6.26. The fraction of sp³-hybridized carbons (Fsp3) is 0.931. The molecule has 0 aliphatic heterocycles. The fourth-order valence-corrected chi connectivity index (χ4v) is 9.91. The summed E-state index contributed by atoms with van der Waals surface area (Å²) in [5.41, 5.74) is 2.26. The Labute approximate surface area is 192 Å². The van der Waals surface area contributed by atoms with Crippen LogP contribution in [0.2, 0.25) is 0 Å². The second-order valence-corrected chi connectivity index (χ2v) is 13.4. The van der Waals surface area contributed by atoms with Crippen LogP contribution in [0.3, 0.4) is 0 Å². The Morgan fingerprint density at radius 3 is 2.32 bits per heavy atom. The van der Waals surface area contributed by atoms with Crippen LogP contribution in [0, 0.1) is 51.8 Å². The summed E-state index contributed by atoms with van der Waals surface area (Å²) >= 11 is 0. The lowest BCUT2D eigenvalue weighted by Crippen LogP contribution is -2.64. The Balaban J connectivity index is 1.61. The molecular formula is C29H50O2. The van der Waals surface area contributed by atoms with Gasteiger partial charge in [-0.25, -0.2) is 0 Å². The molecule has 0 saturated heterocycles. The van der Waals surface area contributed by atoms with Crippen molar-refractivity contribution in [2.75, 3.05) is 0 Å². The number of aliphatic hydroxyl groups excluding tert-OH is 2. The normalized spacial score (nSPS) is 52.6. The summed E-state index contributed by atoms with van der Waals surface area (Å²) in [6, 6.07) is 0. The molecule has 4 saturated carbocycles. The van der Waals surface area contributed by atoms with Crippen molar-refractivity contribution in [1.82, 2.24) is 0 Å². The summed E-state index contributed by atoms with van der Waals surface area (Å²) in [6.45, 7) is 16.9. The summed E-state index contributed by atoms with van der Waals surface area (Å²) in [7, 11) is 0. The average molecular weight is 431 g/mol. The van der Waals surface area contributed by atoms with Crippen molar-refractivity contribution in [1.29, 1.82) is 0 Å². The van der Waals surface area contributed by atoms with E-state index in [1.54, 1.807) is 0 Å².